The maximum absolute atomic E-state index is 4.47. The normalized spacial score (nSPS) is 15.8. The van der Waals surface area contributed by atoms with Crippen molar-refractivity contribution in [2.75, 3.05) is 29.9 Å². The van der Waals surface area contributed by atoms with Crippen molar-refractivity contribution < 1.29 is 0 Å². The lowest BCUT2D eigenvalue weighted by molar-refractivity contribution is 0.685. The fourth-order valence-corrected chi connectivity index (χ4v) is 1.74. The summed E-state index contributed by atoms with van der Waals surface area (Å²) in [7, 11) is 0. The van der Waals surface area contributed by atoms with Crippen LogP contribution in [0.3, 0.4) is 0 Å². The van der Waals surface area contributed by atoms with Gasteiger partial charge in [-0.3, -0.25) is 0 Å². The first-order chi connectivity index (χ1) is 7.75. The van der Waals surface area contributed by atoms with Gasteiger partial charge in [0, 0.05) is 19.6 Å². The molecule has 0 bridgehead atoms. The molecule has 0 saturated carbocycles. The molecule has 16 heavy (non-hydrogen) atoms. The zero-order chi connectivity index (χ0) is 11.4. The minimum atomic E-state index is 0.602. The Labute approximate surface area is 96.3 Å². The largest absolute Gasteiger partial charge is 0.368 e. The fraction of sp³-hybridized carbons (Fsp3) is 0.727. The van der Waals surface area contributed by atoms with Gasteiger partial charge in [-0.1, -0.05) is 13.8 Å². The van der Waals surface area contributed by atoms with E-state index in [9.17, 15) is 0 Å². The summed E-state index contributed by atoms with van der Waals surface area (Å²) in [6, 6.07) is 0. The Morgan fingerprint density at radius 2 is 2.12 bits per heavy atom. The second-order valence-electron chi connectivity index (χ2n) is 4.61. The smallest absolute Gasteiger partial charge is 0.247 e. The van der Waals surface area contributed by atoms with Crippen molar-refractivity contribution in [1.82, 2.24) is 15.2 Å². The molecule has 0 unspecified atom stereocenters. The average molecular weight is 221 g/mol. The molecule has 5 nitrogen and oxygen atoms in total. The second-order valence-corrected chi connectivity index (χ2v) is 4.61. The Bertz CT molecular complexity index is 333. The molecule has 0 amide bonds. The number of anilines is 2. The molecule has 1 aliphatic rings. The molecule has 0 atom stereocenters. The summed E-state index contributed by atoms with van der Waals surface area (Å²) in [6.07, 6.45) is 4.14. The van der Waals surface area contributed by atoms with Gasteiger partial charge in [0.1, 0.15) is 0 Å². The highest BCUT2D eigenvalue weighted by Gasteiger charge is 2.15. The first-order valence-electron chi connectivity index (χ1n) is 5.94. The molecule has 0 aromatic carbocycles. The molecule has 1 aromatic rings. The number of nitrogens with zero attached hydrogens (tertiary/aromatic N) is 4. The molecule has 0 spiro atoms. The van der Waals surface area contributed by atoms with Crippen LogP contribution in [0.5, 0.6) is 0 Å². The van der Waals surface area contributed by atoms with Crippen molar-refractivity contribution >= 4 is 11.8 Å². The van der Waals surface area contributed by atoms with E-state index in [1.54, 1.807) is 6.20 Å². The van der Waals surface area contributed by atoms with Crippen molar-refractivity contribution in [3.8, 4) is 0 Å². The lowest BCUT2D eigenvalue weighted by Gasteiger charge is -2.15. The first-order valence-corrected chi connectivity index (χ1v) is 5.94. The van der Waals surface area contributed by atoms with Crippen LogP contribution in [-0.2, 0) is 0 Å². The van der Waals surface area contributed by atoms with E-state index >= 15 is 0 Å². The summed E-state index contributed by atoms with van der Waals surface area (Å²) >= 11 is 0. The Morgan fingerprint density at radius 3 is 2.81 bits per heavy atom. The van der Waals surface area contributed by atoms with Gasteiger partial charge in [-0.25, -0.2) is 0 Å². The molecular weight excluding hydrogens is 202 g/mol. The molecular formula is C11H19N5. The number of nitrogens with one attached hydrogen (secondary N) is 1. The third-order valence-corrected chi connectivity index (χ3v) is 2.63. The molecule has 1 fully saturated rings. The van der Waals surface area contributed by atoms with Crippen LogP contribution in [0.1, 0.15) is 26.7 Å². The molecule has 88 valence electrons. The van der Waals surface area contributed by atoms with Crippen molar-refractivity contribution in [1.29, 1.82) is 0 Å². The van der Waals surface area contributed by atoms with Crippen LogP contribution in [0.15, 0.2) is 6.20 Å². The Hall–Kier alpha value is -1.39. The molecule has 2 rings (SSSR count). The third kappa shape index (κ3) is 2.81. The minimum Gasteiger partial charge on any atom is -0.368 e. The van der Waals surface area contributed by atoms with Gasteiger partial charge in [-0.05, 0) is 18.8 Å². The molecule has 1 aliphatic heterocycles. The van der Waals surface area contributed by atoms with Crippen LogP contribution >= 0.6 is 0 Å². The maximum Gasteiger partial charge on any atom is 0.247 e. The van der Waals surface area contributed by atoms with E-state index < -0.39 is 0 Å². The van der Waals surface area contributed by atoms with Crippen molar-refractivity contribution in [3.63, 3.8) is 0 Å². The van der Waals surface area contributed by atoms with Gasteiger partial charge in [-0.15, -0.1) is 5.10 Å². The van der Waals surface area contributed by atoms with Crippen molar-refractivity contribution in [3.05, 3.63) is 6.20 Å². The van der Waals surface area contributed by atoms with Gasteiger partial charge in [0.2, 0.25) is 5.95 Å². The van der Waals surface area contributed by atoms with E-state index in [4.69, 9.17) is 0 Å². The van der Waals surface area contributed by atoms with Crippen LogP contribution in [-0.4, -0.2) is 34.8 Å². The summed E-state index contributed by atoms with van der Waals surface area (Å²) in [6.45, 7) is 7.36. The van der Waals surface area contributed by atoms with Crippen molar-refractivity contribution in [2.45, 2.75) is 26.7 Å². The van der Waals surface area contributed by atoms with Crippen LogP contribution in [0, 0.1) is 5.92 Å². The summed E-state index contributed by atoms with van der Waals surface area (Å²) < 4.78 is 0. The molecule has 0 aliphatic carbocycles. The van der Waals surface area contributed by atoms with E-state index in [-0.39, 0.29) is 0 Å². The molecule has 5 heteroatoms. The van der Waals surface area contributed by atoms with Gasteiger partial charge in [0.15, 0.2) is 5.82 Å². The maximum atomic E-state index is 4.47. The van der Waals surface area contributed by atoms with Gasteiger partial charge in [0.25, 0.3) is 0 Å². The number of hydrogen-bond donors (Lipinski definition) is 1. The Morgan fingerprint density at radius 1 is 1.38 bits per heavy atom. The predicted octanol–water partition coefficient (Wildman–Crippen LogP) is 1.54. The topological polar surface area (TPSA) is 53.9 Å². The van der Waals surface area contributed by atoms with Crippen LogP contribution in [0.2, 0.25) is 0 Å². The molecule has 2 heterocycles. The minimum absolute atomic E-state index is 0.602. The van der Waals surface area contributed by atoms with Crippen LogP contribution in [0.4, 0.5) is 11.8 Å². The highest BCUT2D eigenvalue weighted by atomic mass is 15.3. The highest BCUT2D eigenvalue weighted by molar-refractivity contribution is 5.39. The predicted molar refractivity (Wildman–Crippen MR) is 64.6 cm³/mol. The molecule has 0 radical (unpaired) electrons. The summed E-state index contributed by atoms with van der Waals surface area (Å²) in [5.74, 6) is 2.18. The first kappa shape index (κ1) is 11.1. The van der Waals surface area contributed by atoms with Gasteiger partial charge < -0.3 is 10.2 Å². The standard InChI is InChI=1S/C11H19N5/c1-9(2)7-12-10-8-13-15-11(14-10)16-5-3-4-6-16/h8-9H,3-7H2,1-2H3,(H,12,14,15). The average Bonchev–Trinajstić information content (AvgIpc) is 2.80. The van der Waals surface area contributed by atoms with E-state index in [2.05, 4.69) is 39.2 Å². The Balaban J connectivity index is 2.01. The number of hydrogen-bond acceptors (Lipinski definition) is 5. The highest BCUT2D eigenvalue weighted by Crippen LogP contribution is 2.15. The quantitative estimate of drug-likeness (QED) is 0.835. The fourth-order valence-electron chi connectivity index (χ4n) is 1.74. The van der Waals surface area contributed by atoms with Crippen LogP contribution in [0.25, 0.3) is 0 Å². The van der Waals surface area contributed by atoms with Gasteiger partial charge in [0.05, 0.1) is 6.20 Å². The lowest BCUT2D eigenvalue weighted by atomic mass is 10.2. The van der Waals surface area contributed by atoms with Gasteiger partial charge >= 0.3 is 0 Å². The van der Waals surface area contributed by atoms with E-state index in [0.29, 0.717) is 5.92 Å². The van der Waals surface area contributed by atoms with Gasteiger partial charge in [-0.2, -0.15) is 10.1 Å². The molecule has 1 saturated heterocycles. The number of aromatic nitrogens is 3. The second kappa shape index (κ2) is 5.09. The van der Waals surface area contributed by atoms with E-state index in [0.717, 1.165) is 31.4 Å². The SMILES string of the molecule is CC(C)CNc1cnnc(N2CCCC2)n1. The lowest BCUT2D eigenvalue weighted by Crippen LogP contribution is -2.21. The monoisotopic (exact) mass is 221 g/mol. The van der Waals surface area contributed by atoms with E-state index in [1.807, 2.05) is 0 Å². The summed E-state index contributed by atoms with van der Waals surface area (Å²) in [5, 5.41) is 11.3. The molecule has 1 aromatic heterocycles. The third-order valence-electron chi connectivity index (χ3n) is 2.63. The summed E-state index contributed by atoms with van der Waals surface area (Å²) in [4.78, 5) is 6.66. The van der Waals surface area contributed by atoms with E-state index in [1.165, 1.54) is 12.8 Å². The van der Waals surface area contributed by atoms with Crippen molar-refractivity contribution in [2.24, 2.45) is 5.92 Å². The zero-order valence-electron chi connectivity index (χ0n) is 9.98. The molecule has 1 N–H and O–H groups in total. The summed E-state index contributed by atoms with van der Waals surface area (Å²) in [5.41, 5.74) is 0. The number of rotatable bonds is 4. The van der Waals surface area contributed by atoms with Crippen LogP contribution < -0.4 is 10.2 Å². The zero-order valence-corrected chi connectivity index (χ0v) is 9.98. The Kier molecular flexibility index (Phi) is 3.54.